The van der Waals surface area contributed by atoms with Crippen LogP contribution in [0.2, 0.25) is 0 Å². The summed E-state index contributed by atoms with van der Waals surface area (Å²) in [5.41, 5.74) is -0.605. The Bertz CT molecular complexity index is 732. The highest BCUT2D eigenvalue weighted by Gasteiger charge is 2.61. The van der Waals surface area contributed by atoms with Gasteiger partial charge in [-0.15, -0.1) is 10.2 Å². The van der Waals surface area contributed by atoms with E-state index in [0.717, 1.165) is 51.0 Å². The van der Waals surface area contributed by atoms with Crippen LogP contribution in [0.25, 0.3) is 0 Å². The molecule has 8 heteroatoms. The van der Waals surface area contributed by atoms with E-state index in [-0.39, 0.29) is 17.9 Å². The van der Waals surface area contributed by atoms with Crippen LogP contribution in [-0.4, -0.2) is 67.8 Å². The Morgan fingerprint density at radius 2 is 2.04 bits per heavy atom. The summed E-state index contributed by atoms with van der Waals surface area (Å²) in [6, 6.07) is -0.202. The molecule has 5 heterocycles. The predicted molar refractivity (Wildman–Crippen MR) is 86.6 cm³/mol. The van der Waals surface area contributed by atoms with Gasteiger partial charge in [-0.3, -0.25) is 9.59 Å². The number of amides is 2. The van der Waals surface area contributed by atoms with Crippen LogP contribution in [0.4, 0.5) is 0 Å². The molecule has 0 N–H and O–H groups in total. The van der Waals surface area contributed by atoms with Gasteiger partial charge in [0.1, 0.15) is 5.82 Å². The largest absolute Gasteiger partial charge is 0.353 e. The number of fused-ring (bicyclic) bond motifs is 1. The van der Waals surface area contributed by atoms with Gasteiger partial charge in [0.05, 0.1) is 19.1 Å². The Labute approximate surface area is 146 Å². The molecule has 3 saturated heterocycles. The summed E-state index contributed by atoms with van der Waals surface area (Å²) in [4.78, 5) is 29.3. The molecule has 3 fully saturated rings. The molecule has 1 aromatic rings. The van der Waals surface area contributed by atoms with Gasteiger partial charge in [-0.1, -0.05) is 6.42 Å². The molecule has 0 bridgehead atoms. The molecule has 0 unspecified atom stereocenters. The minimum atomic E-state index is -0.605. The number of likely N-dealkylation sites (tertiary alicyclic amines) is 1. The fourth-order valence-corrected chi connectivity index (χ4v) is 4.96. The number of aryl methyl sites for hydroxylation is 1. The maximum absolute atomic E-state index is 13.2. The number of carbonyl (C=O) groups is 2. The number of hydrogen-bond donors (Lipinski definition) is 0. The molecule has 0 aromatic carbocycles. The fourth-order valence-electron chi connectivity index (χ4n) is 4.96. The number of nitrogens with zero attached hydrogens (tertiary/aromatic N) is 5. The number of carbonyl (C=O) groups excluding carboxylic acids is 2. The van der Waals surface area contributed by atoms with E-state index in [4.69, 9.17) is 4.74 Å². The molecular formula is C17H23N5O3. The van der Waals surface area contributed by atoms with E-state index in [1.165, 1.54) is 0 Å². The summed E-state index contributed by atoms with van der Waals surface area (Å²) >= 11 is 0. The summed E-state index contributed by atoms with van der Waals surface area (Å²) in [5, 5.41) is 8.45. The van der Waals surface area contributed by atoms with Crippen molar-refractivity contribution >= 4 is 11.8 Å². The third-order valence-corrected chi connectivity index (χ3v) is 6.17. The molecule has 4 aliphatic heterocycles. The first-order chi connectivity index (χ1) is 12.2. The van der Waals surface area contributed by atoms with Crippen molar-refractivity contribution < 1.29 is 14.3 Å². The third-order valence-electron chi connectivity index (χ3n) is 6.17. The van der Waals surface area contributed by atoms with Crippen LogP contribution in [0, 0.1) is 0 Å². The van der Waals surface area contributed by atoms with Gasteiger partial charge in [0.15, 0.2) is 5.72 Å². The standard InChI is InChI=1S/C17H23N5O3/c23-14-11-12-17(22(14)8-4-10-25-17)6-9-20(12)16(24)15-19-18-13-5-2-1-3-7-21(13)15/h12H,1-11H2/t12-,17+/m1/s1. The quantitative estimate of drug-likeness (QED) is 0.743. The fraction of sp³-hybridized carbons (Fsp3) is 0.765. The molecule has 2 atom stereocenters. The zero-order valence-corrected chi connectivity index (χ0v) is 14.3. The van der Waals surface area contributed by atoms with E-state index < -0.39 is 5.72 Å². The summed E-state index contributed by atoms with van der Waals surface area (Å²) < 4.78 is 8.07. The van der Waals surface area contributed by atoms with Gasteiger partial charge in [-0.25, -0.2) is 0 Å². The van der Waals surface area contributed by atoms with Crippen LogP contribution in [-0.2, 0) is 22.5 Å². The van der Waals surface area contributed by atoms with Crippen molar-refractivity contribution in [2.24, 2.45) is 0 Å². The Balaban J connectivity index is 1.46. The van der Waals surface area contributed by atoms with E-state index in [1.807, 2.05) is 14.4 Å². The molecular weight excluding hydrogens is 322 g/mol. The zero-order chi connectivity index (χ0) is 17.0. The lowest BCUT2D eigenvalue weighted by Crippen LogP contribution is -2.56. The number of ether oxygens (including phenoxy) is 1. The molecule has 25 heavy (non-hydrogen) atoms. The summed E-state index contributed by atoms with van der Waals surface area (Å²) in [5.74, 6) is 1.33. The van der Waals surface area contributed by atoms with E-state index in [9.17, 15) is 9.59 Å². The highest BCUT2D eigenvalue weighted by atomic mass is 16.5. The van der Waals surface area contributed by atoms with Crippen LogP contribution in [0.15, 0.2) is 0 Å². The van der Waals surface area contributed by atoms with Crippen molar-refractivity contribution in [2.45, 2.75) is 63.3 Å². The van der Waals surface area contributed by atoms with Gasteiger partial charge in [0.2, 0.25) is 11.7 Å². The van der Waals surface area contributed by atoms with Crippen molar-refractivity contribution in [3.63, 3.8) is 0 Å². The second kappa shape index (κ2) is 5.52. The average molecular weight is 345 g/mol. The first-order valence-electron chi connectivity index (χ1n) is 9.38. The van der Waals surface area contributed by atoms with Crippen LogP contribution >= 0.6 is 0 Å². The van der Waals surface area contributed by atoms with Gasteiger partial charge in [-0.2, -0.15) is 0 Å². The number of aromatic nitrogens is 3. The van der Waals surface area contributed by atoms with E-state index in [1.54, 1.807) is 0 Å². The smallest absolute Gasteiger partial charge is 0.292 e. The van der Waals surface area contributed by atoms with Crippen molar-refractivity contribution in [3.05, 3.63) is 11.6 Å². The Morgan fingerprint density at radius 1 is 1.12 bits per heavy atom. The number of hydrogen-bond acceptors (Lipinski definition) is 5. The summed E-state index contributed by atoms with van der Waals surface area (Å²) in [6.07, 6.45) is 6.09. The lowest BCUT2D eigenvalue weighted by molar-refractivity contribution is -0.179. The maximum Gasteiger partial charge on any atom is 0.292 e. The Kier molecular flexibility index (Phi) is 3.38. The second-order valence-electron chi connectivity index (χ2n) is 7.46. The molecule has 134 valence electrons. The molecule has 2 amide bonds. The van der Waals surface area contributed by atoms with E-state index >= 15 is 0 Å². The van der Waals surface area contributed by atoms with Gasteiger partial charge < -0.3 is 19.1 Å². The van der Waals surface area contributed by atoms with Crippen LogP contribution in [0.1, 0.15) is 55.0 Å². The highest BCUT2D eigenvalue weighted by Crippen LogP contribution is 2.45. The molecule has 8 nitrogen and oxygen atoms in total. The third kappa shape index (κ3) is 2.09. The molecule has 0 radical (unpaired) electrons. The van der Waals surface area contributed by atoms with Gasteiger partial charge in [0.25, 0.3) is 5.91 Å². The zero-order valence-electron chi connectivity index (χ0n) is 14.3. The van der Waals surface area contributed by atoms with Crippen LogP contribution in [0.5, 0.6) is 0 Å². The van der Waals surface area contributed by atoms with Crippen LogP contribution in [0.3, 0.4) is 0 Å². The molecule has 0 aliphatic carbocycles. The van der Waals surface area contributed by atoms with Gasteiger partial charge in [0, 0.05) is 32.5 Å². The molecule has 1 aromatic heterocycles. The SMILES string of the molecule is O=C(c1nnc2n1CCCCC2)N1CC[C@@]23OCCCN2C(=O)C[C@@H]13. The maximum atomic E-state index is 13.2. The van der Waals surface area contributed by atoms with Gasteiger partial charge >= 0.3 is 0 Å². The first-order valence-corrected chi connectivity index (χ1v) is 9.38. The summed E-state index contributed by atoms with van der Waals surface area (Å²) in [6.45, 7) is 2.80. The van der Waals surface area contributed by atoms with Crippen LogP contribution < -0.4 is 0 Å². The first kappa shape index (κ1) is 15.3. The number of rotatable bonds is 1. The topological polar surface area (TPSA) is 80.6 Å². The second-order valence-corrected chi connectivity index (χ2v) is 7.46. The highest BCUT2D eigenvalue weighted by molar-refractivity contribution is 5.93. The summed E-state index contributed by atoms with van der Waals surface area (Å²) in [7, 11) is 0. The normalized spacial score (nSPS) is 31.5. The lowest BCUT2D eigenvalue weighted by Gasteiger charge is -2.42. The van der Waals surface area contributed by atoms with Gasteiger partial charge in [-0.05, 0) is 19.3 Å². The van der Waals surface area contributed by atoms with E-state index in [2.05, 4.69) is 10.2 Å². The Morgan fingerprint density at radius 3 is 2.96 bits per heavy atom. The van der Waals surface area contributed by atoms with Crippen molar-refractivity contribution in [1.82, 2.24) is 24.6 Å². The van der Waals surface area contributed by atoms with Crippen molar-refractivity contribution in [2.75, 3.05) is 19.7 Å². The molecule has 1 spiro atoms. The van der Waals surface area contributed by atoms with E-state index in [0.29, 0.717) is 31.8 Å². The minimum absolute atomic E-state index is 0.0993. The average Bonchev–Trinajstić information content (AvgIpc) is 3.19. The Hall–Kier alpha value is -1.96. The van der Waals surface area contributed by atoms with Crippen molar-refractivity contribution in [1.29, 1.82) is 0 Å². The minimum Gasteiger partial charge on any atom is -0.353 e. The molecule has 0 saturated carbocycles. The lowest BCUT2D eigenvalue weighted by atomic mass is 10.0. The molecule has 4 aliphatic rings. The monoisotopic (exact) mass is 345 g/mol. The molecule has 5 rings (SSSR count). The van der Waals surface area contributed by atoms with Crippen molar-refractivity contribution in [3.8, 4) is 0 Å². The predicted octanol–water partition coefficient (Wildman–Crippen LogP) is 0.568.